The number of alkyl halides is 3. The van der Waals surface area contributed by atoms with E-state index in [0.717, 1.165) is 59.6 Å². The summed E-state index contributed by atoms with van der Waals surface area (Å²) in [5.74, 6) is -0.295. The van der Waals surface area contributed by atoms with Crippen molar-refractivity contribution in [3.8, 4) is 11.5 Å². The van der Waals surface area contributed by atoms with Crippen LogP contribution in [0.3, 0.4) is 0 Å². The predicted octanol–water partition coefficient (Wildman–Crippen LogP) is 5.41. The van der Waals surface area contributed by atoms with Gasteiger partial charge >= 0.3 is 12.5 Å². The number of benzene rings is 4. The molecule has 1 saturated heterocycles. The van der Waals surface area contributed by atoms with Crippen molar-refractivity contribution in [2.24, 2.45) is 0 Å². The third-order valence-electron chi connectivity index (χ3n) is 8.01. The zero-order chi connectivity index (χ0) is 32.5. The van der Waals surface area contributed by atoms with Gasteiger partial charge in [0.25, 0.3) is 0 Å². The number of aryl methyl sites for hydroxylation is 2. The van der Waals surface area contributed by atoms with Gasteiger partial charge in [-0.2, -0.15) is 0 Å². The molecule has 2 N–H and O–H groups in total. The number of aliphatic hydroxyl groups is 1. The first kappa shape index (κ1) is 31.4. The third-order valence-corrected chi connectivity index (χ3v) is 9.52. The maximum atomic E-state index is 13.5. The lowest BCUT2D eigenvalue weighted by molar-refractivity contribution is -0.274. The van der Waals surface area contributed by atoms with Crippen molar-refractivity contribution in [2.45, 2.75) is 42.3 Å². The number of halogens is 3. The number of nitrogens with one attached hydrogen (secondary N) is 1. The number of carbonyl (C=O) groups is 1. The number of fused-ring (bicyclic) bond motifs is 2. The molecular weight excluding hydrogens is 623 g/mol. The summed E-state index contributed by atoms with van der Waals surface area (Å²) in [5, 5.41) is 11.9. The Morgan fingerprint density at radius 2 is 1.35 bits per heavy atom. The van der Waals surface area contributed by atoms with Crippen LogP contribution >= 0.6 is 0 Å². The highest BCUT2D eigenvalue weighted by atomic mass is 32.2. The number of amides is 1. The number of sulfonamides is 1. The number of hydrogen-bond donors (Lipinski definition) is 2. The number of likely N-dealkylation sites (tertiary alicyclic amines) is 1. The number of piperidine rings is 1. The van der Waals surface area contributed by atoms with Gasteiger partial charge in [-0.05, 0) is 72.5 Å². The topological polar surface area (TPSA) is 108 Å². The number of aliphatic hydroxyl groups excluding tert-OH is 1. The van der Waals surface area contributed by atoms with Crippen molar-refractivity contribution >= 4 is 27.5 Å². The normalized spacial score (nSPS) is 19.9. The molecule has 240 valence electrons. The number of para-hydroxylation sites is 3. The van der Waals surface area contributed by atoms with Gasteiger partial charge in [-0.15, -0.1) is 13.2 Å². The molecule has 0 radical (unpaired) electrons. The molecule has 4 aromatic carbocycles. The molecule has 0 spiro atoms. The molecule has 0 aromatic heterocycles. The molecule has 46 heavy (non-hydrogen) atoms. The Morgan fingerprint density at radius 3 is 1.93 bits per heavy atom. The zero-order valence-electron chi connectivity index (χ0n) is 24.3. The zero-order valence-corrected chi connectivity index (χ0v) is 25.1. The van der Waals surface area contributed by atoms with Crippen LogP contribution in [0.25, 0.3) is 0 Å². The largest absolute Gasteiger partial charge is 0.573 e. The standard InChI is InChI=1S/C33H30F3N3O6S/c34-33(35,36)45-25-16-18-26(19-17-25)46(42,43)37-27-20-38(32(41)44-24-10-2-1-3-11-24)21-30(31(27)40)39-28-12-6-4-8-22(28)14-15-23-9-5-7-13-29(23)39/h1-13,16-19,27,30-31,37,40H,14-15,20-21H2/t27?,30?,31-/m0/s1. The van der Waals surface area contributed by atoms with E-state index in [1.54, 1.807) is 30.3 Å². The number of ether oxygens (including phenoxy) is 2. The minimum Gasteiger partial charge on any atom is -0.410 e. The van der Waals surface area contributed by atoms with E-state index in [2.05, 4.69) is 9.46 Å². The Morgan fingerprint density at radius 1 is 0.783 bits per heavy atom. The molecule has 2 heterocycles. The Balaban J connectivity index is 1.36. The van der Waals surface area contributed by atoms with Gasteiger partial charge < -0.3 is 24.4 Å². The van der Waals surface area contributed by atoms with E-state index in [4.69, 9.17) is 4.74 Å². The van der Waals surface area contributed by atoms with Crippen LogP contribution in [0.4, 0.5) is 29.3 Å². The lowest BCUT2D eigenvalue weighted by Gasteiger charge is -2.46. The van der Waals surface area contributed by atoms with Crippen LogP contribution in [0.2, 0.25) is 0 Å². The molecule has 13 heteroatoms. The number of carbonyl (C=O) groups excluding carboxylic acids is 1. The minimum absolute atomic E-state index is 0.00277. The molecular formula is C33H30F3N3O6S. The highest BCUT2D eigenvalue weighted by Gasteiger charge is 2.44. The average molecular weight is 654 g/mol. The van der Waals surface area contributed by atoms with Crippen molar-refractivity contribution in [3.05, 3.63) is 114 Å². The first-order valence-electron chi connectivity index (χ1n) is 14.5. The molecule has 1 fully saturated rings. The summed E-state index contributed by atoms with van der Waals surface area (Å²) in [7, 11) is -4.39. The molecule has 0 bridgehead atoms. The van der Waals surface area contributed by atoms with Crippen molar-refractivity contribution in [2.75, 3.05) is 18.0 Å². The molecule has 1 amide bonds. The van der Waals surface area contributed by atoms with Crippen LogP contribution in [0, 0.1) is 0 Å². The SMILES string of the molecule is O=C(Oc1ccccc1)N1CC(NS(=O)(=O)c2ccc(OC(F)(F)F)cc2)[C@H](O)C(N2c3ccccc3CCc3ccccc32)C1. The monoisotopic (exact) mass is 653 g/mol. The number of nitrogens with zero attached hydrogens (tertiary/aromatic N) is 2. The van der Waals surface area contributed by atoms with Crippen molar-refractivity contribution in [1.82, 2.24) is 9.62 Å². The average Bonchev–Trinajstić information content (AvgIpc) is 3.19. The van der Waals surface area contributed by atoms with E-state index >= 15 is 0 Å². The van der Waals surface area contributed by atoms with Gasteiger partial charge in [0.05, 0.1) is 23.1 Å². The van der Waals surface area contributed by atoms with Gasteiger partial charge in [0.15, 0.2) is 0 Å². The van der Waals surface area contributed by atoms with Crippen LogP contribution in [0.1, 0.15) is 11.1 Å². The maximum Gasteiger partial charge on any atom is 0.573 e. The van der Waals surface area contributed by atoms with E-state index in [1.165, 1.54) is 4.90 Å². The van der Waals surface area contributed by atoms with Crippen LogP contribution in [0.5, 0.6) is 11.5 Å². The Labute approximate surface area is 263 Å². The Bertz CT molecular complexity index is 1760. The second-order valence-electron chi connectivity index (χ2n) is 11.0. The van der Waals surface area contributed by atoms with Crippen LogP contribution in [0.15, 0.2) is 108 Å². The highest BCUT2D eigenvalue weighted by molar-refractivity contribution is 7.89. The van der Waals surface area contributed by atoms with Crippen molar-refractivity contribution in [1.29, 1.82) is 0 Å². The molecule has 2 unspecified atom stereocenters. The van der Waals surface area contributed by atoms with E-state index in [1.807, 2.05) is 53.4 Å². The summed E-state index contributed by atoms with van der Waals surface area (Å²) in [6.45, 7) is -0.244. The summed E-state index contributed by atoms with van der Waals surface area (Å²) in [5.41, 5.74) is 3.68. The van der Waals surface area contributed by atoms with Gasteiger partial charge in [-0.25, -0.2) is 17.9 Å². The Hall–Kier alpha value is -4.59. The molecule has 2 aliphatic rings. The van der Waals surface area contributed by atoms with Crippen LogP contribution in [-0.4, -0.2) is 62.2 Å². The molecule has 0 saturated carbocycles. The van der Waals surface area contributed by atoms with Gasteiger partial charge in [0, 0.05) is 24.5 Å². The van der Waals surface area contributed by atoms with Gasteiger partial charge in [-0.3, -0.25) is 0 Å². The highest BCUT2D eigenvalue weighted by Crippen LogP contribution is 2.40. The summed E-state index contributed by atoms with van der Waals surface area (Å²) < 4.78 is 76.9. The first-order valence-corrected chi connectivity index (χ1v) is 16.0. The van der Waals surface area contributed by atoms with Crippen LogP contribution in [-0.2, 0) is 22.9 Å². The van der Waals surface area contributed by atoms with E-state index < -0.39 is 46.4 Å². The summed E-state index contributed by atoms with van der Waals surface area (Å²) in [6, 6.07) is 25.5. The number of rotatable bonds is 6. The van der Waals surface area contributed by atoms with Crippen LogP contribution < -0.4 is 19.1 Å². The smallest absolute Gasteiger partial charge is 0.410 e. The maximum absolute atomic E-state index is 13.5. The second-order valence-corrected chi connectivity index (χ2v) is 12.7. The fraction of sp³-hybridized carbons (Fsp3) is 0.242. The van der Waals surface area contributed by atoms with Crippen molar-refractivity contribution in [3.63, 3.8) is 0 Å². The molecule has 2 aliphatic heterocycles. The molecule has 9 nitrogen and oxygen atoms in total. The molecule has 3 atom stereocenters. The summed E-state index contributed by atoms with van der Waals surface area (Å²) in [6.07, 6.45) is -5.55. The quantitative estimate of drug-likeness (QED) is 0.287. The Kier molecular flexibility index (Phi) is 8.64. The lowest BCUT2D eigenvalue weighted by atomic mass is 9.94. The van der Waals surface area contributed by atoms with Gasteiger partial charge in [-0.1, -0.05) is 54.6 Å². The minimum atomic E-state index is -4.94. The number of hydrogen-bond acceptors (Lipinski definition) is 7. The van der Waals surface area contributed by atoms with Gasteiger partial charge in [0.1, 0.15) is 11.5 Å². The van der Waals surface area contributed by atoms with Crippen molar-refractivity contribution < 1.29 is 41.0 Å². The summed E-state index contributed by atoms with van der Waals surface area (Å²) in [4.78, 5) is 16.5. The van der Waals surface area contributed by atoms with E-state index in [-0.39, 0.29) is 18.0 Å². The van der Waals surface area contributed by atoms with Gasteiger partial charge in [0.2, 0.25) is 10.0 Å². The lowest BCUT2D eigenvalue weighted by Crippen LogP contribution is -2.66. The predicted molar refractivity (Wildman–Crippen MR) is 163 cm³/mol. The molecule has 4 aromatic rings. The fourth-order valence-corrected chi connectivity index (χ4v) is 7.17. The van der Waals surface area contributed by atoms with E-state index in [0.29, 0.717) is 5.75 Å². The fourth-order valence-electron chi connectivity index (χ4n) is 5.92. The third kappa shape index (κ3) is 6.81. The number of anilines is 2. The second kappa shape index (κ2) is 12.7. The molecule has 0 aliphatic carbocycles. The van der Waals surface area contributed by atoms with E-state index in [9.17, 15) is 31.5 Å². The first-order chi connectivity index (χ1) is 22.0. The molecule has 6 rings (SSSR count). The summed E-state index contributed by atoms with van der Waals surface area (Å²) >= 11 is 0.